The van der Waals surface area contributed by atoms with E-state index >= 15 is 0 Å². The molecule has 3 aromatic rings. The highest BCUT2D eigenvalue weighted by atomic mass is 32.1. The van der Waals surface area contributed by atoms with Gasteiger partial charge in [0.1, 0.15) is 5.75 Å². The van der Waals surface area contributed by atoms with Gasteiger partial charge in [-0.05, 0) is 48.7 Å². The highest BCUT2D eigenvalue weighted by molar-refractivity contribution is 7.22. The SMILES string of the molecule is CCCOc1ccc(/C=C/C(=O)Nc2nc3c(C)cccc3s2)cc1. The van der Waals surface area contributed by atoms with Gasteiger partial charge in [-0.2, -0.15) is 0 Å². The highest BCUT2D eigenvalue weighted by Gasteiger charge is 2.07. The largest absolute Gasteiger partial charge is 0.494 e. The first-order valence-electron chi connectivity index (χ1n) is 8.24. The lowest BCUT2D eigenvalue weighted by Crippen LogP contribution is -2.07. The number of anilines is 1. The van der Waals surface area contributed by atoms with Crippen LogP contribution >= 0.6 is 11.3 Å². The van der Waals surface area contributed by atoms with Gasteiger partial charge in [0.15, 0.2) is 5.13 Å². The lowest BCUT2D eigenvalue weighted by molar-refractivity contribution is -0.111. The summed E-state index contributed by atoms with van der Waals surface area (Å²) in [5, 5.41) is 3.44. The van der Waals surface area contributed by atoms with Crippen LogP contribution in [0.4, 0.5) is 5.13 Å². The predicted octanol–water partition coefficient (Wildman–Crippen LogP) is 5.05. The first kappa shape index (κ1) is 17.2. The molecule has 128 valence electrons. The third-order valence-electron chi connectivity index (χ3n) is 3.63. The zero-order chi connectivity index (χ0) is 17.6. The van der Waals surface area contributed by atoms with E-state index in [-0.39, 0.29) is 5.91 Å². The smallest absolute Gasteiger partial charge is 0.250 e. The monoisotopic (exact) mass is 352 g/mol. The molecule has 1 amide bonds. The van der Waals surface area contributed by atoms with Crippen molar-refractivity contribution < 1.29 is 9.53 Å². The highest BCUT2D eigenvalue weighted by Crippen LogP contribution is 2.27. The molecular weight excluding hydrogens is 332 g/mol. The third-order valence-corrected chi connectivity index (χ3v) is 4.57. The molecule has 0 fully saturated rings. The van der Waals surface area contributed by atoms with E-state index in [1.807, 2.05) is 49.4 Å². The van der Waals surface area contributed by atoms with Gasteiger partial charge in [-0.15, -0.1) is 0 Å². The maximum Gasteiger partial charge on any atom is 0.250 e. The topological polar surface area (TPSA) is 51.2 Å². The lowest BCUT2D eigenvalue weighted by atomic mass is 10.2. The van der Waals surface area contributed by atoms with Crippen LogP contribution in [0.5, 0.6) is 5.75 Å². The van der Waals surface area contributed by atoms with Crippen LogP contribution in [0.3, 0.4) is 0 Å². The number of amides is 1. The van der Waals surface area contributed by atoms with Crippen LogP contribution in [0.25, 0.3) is 16.3 Å². The van der Waals surface area contributed by atoms with Crippen molar-refractivity contribution in [1.29, 1.82) is 0 Å². The zero-order valence-electron chi connectivity index (χ0n) is 14.3. The fraction of sp³-hybridized carbons (Fsp3) is 0.200. The molecule has 1 N–H and O–H groups in total. The molecule has 0 spiro atoms. The van der Waals surface area contributed by atoms with E-state index in [0.717, 1.165) is 33.5 Å². The van der Waals surface area contributed by atoms with Crippen LogP contribution in [0.2, 0.25) is 0 Å². The van der Waals surface area contributed by atoms with Crippen LogP contribution in [-0.2, 0) is 4.79 Å². The summed E-state index contributed by atoms with van der Waals surface area (Å²) in [7, 11) is 0. The number of hydrogen-bond donors (Lipinski definition) is 1. The summed E-state index contributed by atoms with van der Waals surface area (Å²) < 4.78 is 6.61. The van der Waals surface area contributed by atoms with Crippen molar-refractivity contribution in [1.82, 2.24) is 4.98 Å². The Balaban J connectivity index is 1.63. The van der Waals surface area contributed by atoms with Gasteiger partial charge in [0, 0.05) is 6.08 Å². The van der Waals surface area contributed by atoms with E-state index in [9.17, 15) is 4.79 Å². The Morgan fingerprint density at radius 3 is 2.76 bits per heavy atom. The van der Waals surface area contributed by atoms with Gasteiger partial charge in [-0.1, -0.05) is 42.5 Å². The van der Waals surface area contributed by atoms with Gasteiger partial charge < -0.3 is 4.74 Å². The number of nitrogens with one attached hydrogen (secondary N) is 1. The average Bonchev–Trinajstić information content (AvgIpc) is 3.03. The summed E-state index contributed by atoms with van der Waals surface area (Å²) in [5.41, 5.74) is 2.99. The predicted molar refractivity (Wildman–Crippen MR) is 104 cm³/mol. The summed E-state index contributed by atoms with van der Waals surface area (Å²) in [5.74, 6) is 0.649. The van der Waals surface area contributed by atoms with Gasteiger partial charge in [0.25, 0.3) is 0 Å². The van der Waals surface area contributed by atoms with E-state index in [4.69, 9.17) is 4.74 Å². The number of aromatic nitrogens is 1. The molecule has 0 atom stereocenters. The van der Waals surface area contributed by atoms with Crippen molar-refractivity contribution in [3.8, 4) is 5.75 Å². The minimum Gasteiger partial charge on any atom is -0.494 e. The molecule has 0 unspecified atom stereocenters. The first-order chi connectivity index (χ1) is 12.2. The molecule has 0 aliphatic heterocycles. The quantitative estimate of drug-likeness (QED) is 0.632. The lowest BCUT2D eigenvalue weighted by Gasteiger charge is -2.03. The minimum atomic E-state index is -0.192. The third kappa shape index (κ3) is 4.45. The Morgan fingerprint density at radius 1 is 1.24 bits per heavy atom. The Bertz CT molecular complexity index is 898. The molecule has 0 bridgehead atoms. The molecule has 0 aliphatic carbocycles. The average molecular weight is 352 g/mol. The van der Waals surface area contributed by atoms with Crippen LogP contribution in [0.1, 0.15) is 24.5 Å². The summed E-state index contributed by atoms with van der Waals surface area (Å²) >= 11 is 1.48. The molecule has 1 heterocycles. The normalized spacial score (nSPS) is 11.1. The number of carbonyl (C=O) groups excluding carboxylic acids is 1. The number of thiazole rings is 1. The van der Waals surface area contributed by atoms with Crippen LogP contribution < -0.4 is 10.1 Å². The van der Waals surface area contributed by atoms with E-state index in [0.29, 0.717) is 11.7 Å². The summed E-state index contributed by atoms with van der Waals surface area (Å²) in [6.45, 7) is 4.79. The van der Waals surface area contributed by atoms with E-state index < -0.39 is 0 Å². The van der Waals surface area contributed by atoms with E-state index in [1.54, 1.807) is 6.08 Å². The molecule has 25 heavy (non-hydrogen) atoms. The van der Waals surface area contributed by atoms with Crippen LogP contribution in [-0.4, -0.2) is 17.5 Å². The minimum absolute atomic E-state index is 0.192. The van der Waals surface area contributed by atoms with Gasteiger partial charge >= 0.3 is 0 Å². The van der Waals surface area contributed by atoms with Gasteiger partial charge in [-0.3, -0.25) is 10.1 Å². The molecule has 0 saturated heterocycles. The number of nitrogens with zero attached hydrogens (tertiary/aromatic N) is 1. The number of aryl methyl sites for hydroxylation is 1. The molecule has 4 nitrogen and oxygen atoms in total. The molecule has 0 radical (unpaired) electrons. The number of rotatable bonds is 6. The van der Waals surface area contributed by atoms with Crippen molar-refractivity contribution in [3.63, 3.8) is 0 Å². The second-order valence-corrected chi connectivity index (χ2v) is 6.71. The van der Waals surface area contributed by atoms with E-state index in [2.05, 4.69) is 17.2 Å². The number of benzene rings is 2. The fourth-order valence-electron chi connectivity index (χ4n) is 2.35. The van der Waals surface area contributed by atoms with Crippen molar-refractivity contribution in [3.05, 3.63) is 59.7 Å². The van der Waals surface area contributed by atoms with Crippen molar-refractivity contribution in [2.45, 2.75) is 20.3 Å². The number of carbonyl (C=O) groups is 1. The molecule has 3 rings (SSSR count). The van der Waals surface area contributed by atoms with Crippen molar-refractivity contribution in [2.75, 3.05) is 11.9 Å². The summed E-state index contributed by atoms with van der Waals surface area (Å²) in [6.07, 6.45) is 4.27. The molecule has 2 aromatic carbocycles. The van der Waals surface area contributed by atoms with E-state index in [1.165, 1.54) is 17.4 Å². The standard InChI is InChI=1S/C20H20N2O2S/c1-3-13-24-16-10-7-15(8-11-16)9-12-18(23)21-20-22-19-14(2)5-4-6-17(19)25-20/h4-12H,3,13H2,1-2H3,(H,21,22,23)/b12-9+. The molecule has 0 aliphatic rings. The zero-order valence-corrected chi connectivity index (χ0v) is 15.1. The maximum atomic E-state index is 12.1. The second kappa shape index (κ2) is 7.94. The number of para-hydroxylation sites is 1. The Hall–Kier alpha value is -2.66. The van der Waals surface area contributed by atoms with Gasteiger partial charge in [-0.25, -0.2) is 4.98 Å². The van der Waals surface area contributed by atoms with Crippen molar-refractivity contribution >= 4 is 38.7 Å². The van der Waals surface area contributed by atoms with Gasteiger partial charge in [0.2, 0.25) is 5.91 Å². The number of fused-ring (bicyclic) bond motifs is 1. The number of ether oxygens (including phenoxy) is 1. The van der Waals surface area contributed by atoms with Crippen LogP contribution in [0, 0.1) is 6.92 Å². The summed E-state index contributed by atoms with van der Waals surface area (Å²) in [6, 6.07) is 13.7. The Morgan fingerprint density at radius 2 is 2.04 bits per heavy atom. The Labute approximate surface area is 151 Å². The summed E-state index contributed by atoms with van der Waals surface area (Å²) in [4.78, 5) is 16.6. The Kier molecular flexibility index (Phi) is 5.46. The van der Waals surface area contributed by atoms with Gasteiger partial charge in [0.05, 0.1) is 16.8 Å². The molecule has 5 heteroatoms. The fourth-order valence-corrected chi connectivity index (χ4v) is 3.30. The van der Waals surface area contributed by atoms with Crippen molar-refractivity contribution in [2.24, 2.45) is 0 Å². The number of hydrogen-bond acceptors (Lipinski definition) is 4. The molecule has 1 aromatic heterocycles. The molecule has 0 saturated carbocycles. The first-order valence-corrected chi connectivity index (χ1v) is 9.05. The second-order valence-electron chi connectivity index (χ2n) is 5.68. The van der Waals surface area contributed by atoms with Crippen LogP contribution in [0.15, 0.2) is 48.5 Å². The molecular formula is C20H20N2O2S. The maximum absolute atomic E-state index is 12.1.